The second-order valence-electron chi connectivity index (χ2n) is 7.07. The highest BCUT2D eigenvalue weighted by Gasteiger charge is 2.12. The summed E-state index contributed by atoms with van der Waals surface area (Å²) in [7, 11) is 1.69. The summed E-state index contributed by atoms with van der Waals surface area (Å²) in [4.78, 5) is 0. The monoisotopic (exact) mass is 375 g/mol. The fraction of sp³-hybridized carbons (Fsp3) is 0.0370. The van der Waals surface area contributed by atoms with Crippen LogP contribution in [0.25, 0.3) is 39.6 Å². The summed E-state index contributed by atoms with van der Waals surface area (Å²) in [5.41, 5.74) is 5.93. The number of aromatic nitrogens is 1. The largest absolute Gasteiger partial charge is 0.497 e. The molecule has 2 nitrogen and oxygen atoms in total. The molecule has 0 fully saturated rings. The molecule has 1 heterocycles. The number of nitrogens with zero attached hydrogens (tertiary/aromatic N) is 1. The lowest BCUT2D eigenvalue weighted by Crippen LogP contribution is -1.93. The number of fused-ring (bicyclic) bond motifs is 3. The van der Waals surface area contributed by atoms with Gasteiger partial charge < -0.3 is 9.30 Å². The average molecular weight is 375 g/mol. The van der Waals surface area contributed by atoms with E-state index in [0.29, 0.717) is 0 Å². The van der Waals surface area contributed by atoms with Gasteiger partial charge in [-0.05, 0) is 53.6 Å². The van der Waals surface area contributed by atoms with Gasteiger partial charge in [-0.1, -0.05) is 66.7 Å². The molecule has 1 aromatic heterocycles. The van der Waals surface area contributed by atoms with Crippen LogP contribution in [0.5, 0.6) is 5.75 Å². The molecule has 5 rings (SSSR count). The van der Waals surface area contributed by atoms with Crippen molar-refractivity contribution in [1.82, 2.24) is 4.57 Å². The first kappa shape index (κ1) is 17.3. The first-order chi connectivity index (χ1) is 14.3. The van der Waals surface area contributed by atoms with Crippen molar-refractivity contribution in [3.63, 3.8) is 0 Å². The van der Waals surface area contributed by atoms with Crippen LogP contribution in [-0.2, 0) is 0 Å². The maximum atomic E-state index is 5.32. The maximum Gasteiger partial charge on any atom is 0.119 e. The number of ether oxygens (including phenoxy) is 1. The van der Waals surface area contributed by atoms with Crippen LogP contribution in [-0.4, -0.2) is 11.7 Å². The van der Waals surface area contributed by atoms with Crippen LogP contribution in [0.15, 0.2) is 97.1 Å². The summed E-state index contributed by atoms with van der Waals surface area (Å²) < 4.78 is 7.64. The number of methoxy groups -OCH3 is 1. The van der Waals surface area contributed by atoms with Gasteiger partial charge in [-0.15, -0.1) is 0 Å². The molecule has 0 atom stereocenters. The zero-order valence-corrected chi connectivity index (χ0v) is 16.2. The normalized spacial score (nSPS) is 11.5. The lowest BCUT2D eigenvalue weighted by atomic mass is 10.1. The highest BCUT2D eigenvalue weighted by atomic mass is 16.5. The zero-order chi connectivity index (χ0) is 19.6. The number of benzene rings is 4. The van der Waals surface area contributed by atoms with Gasteiger partial charge in [0.05, 0.1) is 18.1 Å². The summed E-state index contributed by atoms with van der Waals surface area (Å²) >= 11 is 0. The number of hydrogen-bond donors (Lipinski definition) is 0. The maximum absolute atomic E-state index is 5.32. The summed E-state index contributed by atoms with van der Waals surface area (Å²) in [5.74, 6) is 0.864. The van der Waals surface area contributed by atoms with Gasteiger partial charge in [0.1, 0.15) is 5.75 Å². The van der Waals surface area contributed by atoms with E-state index >= 15 is 0 Å². The summed E-state index contributed by atoms with van der Waals surface area (Å²) in [6.07, 6.45) is 4.33. The Morgan fingerprint density at radius 1 is 0.621 bits per heavy atom. The van der Waals surface area contributed by atoms with Crippen LogP contribution < -0.4 is 4.74 Å². The molecule has 0 saturated carbocycles. The second kappa shape index (κ2) is 7.33. The molecule has 0 aliphatic carbocycles. The smallest absolute Gasteiger partial charge is 0.119 e. The summed E-state index contributed by atoms with van der Waals surface area (Å²) in [5, 5.41) is 2.51. The van der Waals surface area contributed by atoms with E-state index in [0.717, 1.165) is 11.4 Å². The first-order valence-corrected chi connectivity index (χ1v) is 9.74. The zero-order valence-electron chi connectivity index (χ0n) is 16.2. The van der Waals surface area contributed by atoms with Crippen LogP contribution in [0.2, 0.25) is 0 Å². The minimum absolute atomic E-state index is 0.864. The number of para-hydroxylation sites is 1. The van der Waals surface area contributed by atoms with E-state index in [-0.39, 0.29) is 0 Å². The molecule has 0 bridgehead atoms. The Morgan fingerprint density at radius 2 is 1.31 bits per heavy atom. The van der Waals surface area contributed by atoms with Crippen molar-refractivity contribution in [1.29, 1.82) is 0 Å². The van der Waals surface area contributed by atoms with Gasteiger partial charge in [0.25, 0.3) is 0 Å². The van der Waals surface area contributed by atoms with E-state index in [1.54, 1.807) is 7.11 Å². The predicted octanol–water partition coefficient (Wildman–Crippen LogP) is 6.96. The summed E-state index contributed by atoms with van der Waals surface area (Å²) in [6.45, 7) is 0. The van der Waals surface area contributed by atoms with Crippen LogP contribution in [0.4, 0.5) is 0 Å². The molecule has 0 N–H and O–H groups in total. The number of rotatable bonds is 4. The molecule has 0 aliphatic heterocycles. The molecule has 29 heavy (non-hydrogen) atoms. The molecule has 0 spiro atoms. The van der Waals surface area contributed by atoms with Gasteiger partial charge in [-0.25, -0.2) is 0 Å². The van der Waals surface area contributed by atoms with E-state index in [1.807, 2.05) is 18.2 Å². The van der Waals surface area contributed by atoms with Crippen molar-refractivity contribution in [3.05, 3.63) is 108 Å². The highest BCUT2D eigenvalue weighted by Crippen LogP contribution is 2.33. The van der Waals surface area contributed by atoms with E-state index < -0.39 is 0 Å². The van der Waals surface area contributed by atoms with Crippen molar-refractivity contribution in [2.24, 2.45) is 0 Å². The fourth-order valence-corrected chi connectivity index (χ4v) is 3.86. The Hall–Kier alpha value is -3.78. The van der Waals surface area contributed by atoms with Gasteiger partial charge in [-0.3, -0.25) is 0 Å². The number of hydrogen-bond acceptors (Lipinski definition) is 1. The third kappa shape index (κ3) is 3.19. The lowest BCUT2D eigenvalue weighted by Gasteiger charge is -2.09. The van der Waals surface area contributed by atoms with E-state index in [1.165, 1.54) is 32.9 Å². The Bertz CT molecular complexity index is 1310. The van der Waals surface area contributed by atoms with Crippen molar-refractivity contribution in [2.45, 2.75) is 0 Å². The quantitative estimate of drug-likeness (QED) is 0.310. The van der Waals surface area contributed by atoms with E-state index in [9.17, 15) is 0 Å². The third-order valence-electron chi connectivity index (χ3n) is 5.30. The van der Waals surface area contributed by atoms with Crippen molar-refractivity contribution >= 4 is 34.0 Å². The predicted molar refractivity (Wildman–Crippen MR) is 123 cm³/mol. The Kier molecular flexibility index (Phi) is 4.38. The Labute approximate surface area is 170 Å². The molecule has 0 saturated heterocycles. The van der Waals surface area contributed by atoms with Crippen molar-refractivity contribution < 1.29 is 4.74 Å². The van der Waals surface area contributed by atoms with Crippen molar-refractivity contribution in [2.75, 3.05) is 7.11 Å². The second-order valence-corrected chi connectivity index (χ2v) is 7.07. The minimum atomic E-state index is 0.864. The standard InChI is InChI=1S/C27H21NO/c1-29-23-16-14-22(15-17-23)28-26-10-6-5-9-24(26)25-19-21(13-18-27(25)28)12-11-20-7-3-2-4-8-20/h2-19H,1H3. The molecule has 0 radical (unpaired) electrons. The van der Waals surface area contributed by atoms with Gasteiger partial charge in [-0.2, -0.15) is 0 Å². The molecule has 0 amide bonds. The molecule has 2 heteroatoms. The average Bonchev–Trinajstić information content (AvgIpc) is 3.12. The third-order valence-corrected chi connectivity index (χ3v) is 5.30. The van der Waals surface area contributed by atoms with Crippen LogP contribution >= 0.6 is 0 Å². The Morgan fingerprint density at radius 3 is 2.10 bits per heavy atom. The van der Waals surface area contributed by atoms with Crippen molar-refractivity contribution in [3.8, 4) is 11.4 Å². The SMILES string of the molecule is COc1ccc(-n2c3ccccc3c3cc(C=Cc4ccccc4)ccc32)cc1. The van der Waals surface area contributed by atoms with E-state index in [2.05, 4.69) is 95.6 Å². The van der Waals surface area contributed by atoms with Crippen LogP contribution in [0.1, 0.15) is 11.1 Å². The molecular weight excluding hydrogens is 354 g/mol. The minimum Gasteiger partial charge on any atom is -0.497 e. The summed E-state index contributed by atoms with van der Waals surface area (Å²) in [6, 6.07) is 33.9. The molecule has 5 aromatic rings. The molecule has 0 aliphatic rings. The fourth-order valence-electron chi connectivity index (χ4n) is 3.86. The first-order valence-electron chi connectivity index (χ1n) is 9.74. The van der Waals surface area contributed by atoms with Gasteiger partial charge >= 0.3 is 0 Å². The van der Waals surface area contributed by atoms with Gasteiger partial charge in [0.2, 0.25) is 0 Å². The molecule has 0 unspecified atom stereocenters. The Balaban J connectivity index is 1.66. The van der Waals surface area contributed by atoms with Crippen LogP contribution in [0.3, 0.4) is 0 Å². The van der Waals surface area contributed by atoms with E-state index in [4.69, 9.17) is 4.74 Å². The molecule has 140 valence electrons. The molecule has 4 aromatic carbocycles. The topological polar surface area (TPSA) is 14.2 Å². The molecular formula is C27H21NO. The van der Waals surface area contributed by atoms with Crippen LogP contribution in [0, 0.1) is 0 Å². The highest BCUT2D eigenvalue weighted by molar-refractivity contribution is 6.10. The van der Waals surface area contributed by atoms with Gasteiger partial charge in [0.15, 0.2) is 0 Å². The lowest BCUT2D eigenvalue weighted by molar-refractivity contribution is 0.415. The van der Waals surface area contributed by atoms with Gasteiger partial charge in [0, 0.05) is 16.5 Å².